The van der Waals surface area contributed by atoms with Gasteiger partial charge in [0.05, 0.1) is 1.37 Å². The minimum absolute atomic E-state index is 0.100. The van der Waals surface area contributed by atoms with Crippen LogP contribution < -0.4 is 5.32 Å². The average molecular weight is 103 g/mol. The van der Waals surface area contributed by atoms with Crippen molar-refractivity contribution in [2.24, 2.45) is 0 Å². The van der Waals surface area contributed by atoms with Gasteiger partial charge in [-0.3, -0.25) is 0 Å². The molecule has 1 aromatic heterocycles. The van der Waals surface area contributed by atoms with E-state index in [0.717, 1.165) is 0 Å². The van der Waals surface area contributed by atoms with Gasteiger partial charge in [-0.2, -0.15) is 0 Å². The topological polar surface area (TPSA) is 40.7 Å². The first kappa shape index (κ1) is 1.86. The number of hydrogen-bond donors (Lipinski definition) is 2. The largest absolute Gasteiger partial charge is 0.359 e. The molecule has 0 aliphatic carbocycles. The van der Waals surface area contributed by atoms with Crippen LogP contribution in [-0.4, -0.2) is 17.0 Å². The molecule has 0 bridgehead atoms. The molecule has 1 heterocycles. The summed E-state index contributed by atoms with van der Waals surface area (Å²) in [6.45, 7) is -1.15. The third-order valence-corrected chi connectivity index (χ3v) is 0.587. The Kier molecular flexibility index (Phi) is 0.435. The first-order valence-corrected chi connectivity index (χ1v) is 1.81. The lowest BCUT2D eigenvalue weighted by Gasteiger charge is -1.85. The molecule has 0 unspecified atom stereocenters. The maximum Gasteiger partial charge on any atom is 0.199 e. The normalized spacial score (nSPS) is 15.3. The van der Waals surface area contributed by atoms with Crippen LogP contribution >= 0.6 is 0 Å². The number of anilines is 1. The van der Waals surface area contributed by atoms with Crippen molar-refractivity contribution >= 4 is 5.95 Å². The highest BCUT2D eigenvalue weighted by molar-refractivity contribution is 5.20. The minimum atomic E-state index is -1.15. The molecule has 38 valence electrons. The second-order valence-electron chi connectivity index (χ2n) is 1.02. The first-order valence-electron chi connectivity index (χ1n) is 3.47. The molecule has 2 N–H and O–H groups in total. The Bertz CT molecular complexity index is 209. The van der Waals surface area contributed by atoms with E-state index in [4.69, 9.17) is 4.11 Å². The monoisotopic (exact) mass is 103 g/mol. The van der Waals surface area contributed by atoms with Crippen LogP contribution in [0.5, 0.6) is 0 Å². The van der Waals surface area contributed by atoms with Crippen LogP contribution in [0.15, 0.2) is 12.4 Å². The predicted octanol–water partition coefficient (Wildman–Crippen LogP) is 0.451. The van der Waals surface area contributed by atoms with Gasteiger partial charge in [-0.25, -0.2) is 4.98 Å². The summed E-state index contributed by atoms with van der Waals surface area (Å²) in [6.07, 6.45) is 1.48. The van der Waals surface area contributed by atoms with E-state index in [9.17, 15) is 0 Å². The quantitative estimate of drug-likeness (QED) is 0.507. The van der Waals surface area contributed by atoms with E-state index >= 15 is 0 Å². The molecule has 0 aliphatic heterocycles. The molecule has 0 fully saturated rings. The summed E-state index contributed by atoms with van der Waals surface area (Å²) in [6, 6.07) is 0. The van der Waals surface area contributed by atoms with Gasteiger partial charge in [0.15, 0.2) is 5.95 Å². The van der Waals surface area contributed by atoms with Gasteiger partial charge in [0.2, 0.25) is 0 Å². The lowest BCUT2D eigenvalue weighted by atomic mass is 11.0. The minimum Gasteiger partial charge on any atom is -0.359 e. The molecule has 3 heteroatoms. The summed E-state index contributed by atoms with van der Waals surface area (Å²) < 4.78 is 20.5. The van der Waals surface area contributed by atoms with E-state index in [1.165, 1.54) is 6.20 Å². The van der Waals surface area contributed by atoms with Crippen molar-refractivity contribution in [3.8, 4) is 0 Å². The van der Waals surface area contributed by atoms with E-state index in [1.807, 2.05) is 0 Å². The van der Waals surface area contributed by atoms with Crippen LogP contribution in [0.3, 0.4) is 0 Å². The third-order valence-electron chi connectivity index (χ3n) is 0.587. The highest BCUT2D eigenvalue weighted by Crippen LogP contribution is 1.89. The molecule has 0 aliphatic rings. The summed E-state index contributed by atoms with van der Waals surface area (Å²) in [5.41, 5.74) is 0. The van der Waals surface area contributed by atoms with Crippen molar-refractivity contribution in [3.63, 3.8) is 0 Å². The number of nitrogens with one attached hydrogen (secondary N) is 2. The van der Waals surface area contributed by atoms with Gasteiger partial charge in [-0.05, 0) is 0 Å². The smallest absolute Gasteiger partial charge is 0.199 e. The zero-order valence-electron chi connectivity index (χ0n) is 6.60. The van der Waals surface area contributed by atoms with Crippen LogP contribution in [0.4, 0.5) is 5.95 Å². The molecular formula is C4H7N3. The van der Waals surface area contributed by atoms with Crippen LogP contribution in [0, 0.1) is 0 Å². The first-order chi connectivity index (χ1) is 4.68. The maximum atomic E-state index is 6.96. The van der Waals surface area contributed by atoms with Crippen molar-refractivity contribution < 1.29 is 4.11 Å². The Hall–Kier alpha value is -0.990. The summed E-state index contributed by atoms with van der Waals surface area (Å²) in [4.78, 5) is 6.20. The van der Waals surface area contributed by atoms with Crippen LogP contribution in [0.2, 0.25) is 0 Å². The molecule has 0 amide bonds. The Labute approximate surface area is 46.0 Å². The zero-order valence-corrected chi connectivity index (χ0v) is 3.60. The van der Waals surface area contributed by atoms with Crippen molar-refractivity contribution in [3.05, 3.63) is 12.4 Å². The van der Waals surface area contributed by atoms with Crippen molar-refractivity contribution in [2.45, 2.75) is 0 Å². The van der Waals surface area contributed by atoms with E-state index in [-0.39, 0.29) is 6.17 Å². The number of rotatable bonds is 1. The van der Waals surface area contributed by atoms with Crippen molar-refractivity contribution in [1.82, 2.24) is 9.97 Å². The molecule has 0 aromatic carbocycles. The second kappa shape index (κ2) is 1.64. The number of nitrogens with zero attached hydrogens (tertiary/aromatic N) is 1. The van der Waals surface area contributed by atoms with Gasteiger partial charge in [-0.1, -0.05) is 0 Å². The Morgan fingerprint density at radius 2 is 3.29 bits per heavy atom. The molecule has 3 nitrogen and oxygen atoms in total. The summed E-state index contributed by atoms with van der Waals surface area (Å²) in [5.74, 6) is 0.292. The number of hydrogen-bond acceptors (Lipinski definition) is 2. The fourth-order valence-electron chi connectivity index (χ4n) is 0.304. The SMILES string of the molecule is [2H]c1c[15nH][13c]([15NH]C([2H])[2H])n1. The molecule has 7 heavy (non-hydrogen) atoms. The van der Waals surface area contributed by atoms with E-state index in [1.54, 1.807) is 0 Å². The molecule has 1 rings (SSSR count). The van der Waals surface area contributed by atoms with Crippen LogP contribution in [0.25, 0.3) is 0 Å². The predicted molar refractivity (Wildman–Crippen MR) is 28.1 cm³/mol. The van der Waals surface area contributed by atoms with Crippen molar-refractivity contribution in [1.29, 1.82) is 0 Å². The van der Waals surface area contributed by atoms with Gasteiger partial charge in [0, 0.05) is 22.1 Å². The lowest BCUT2D eigenvalue weighted by Crippen LogP contribution is -1.87. The molecule has 0 saturated heterocycles. The Morgan fingerprint density at radius 1 is 2.29 bits per heavy atom. The lowest BCUT2D eigenvalue weighted by molar-refractivity contribution is 1.26. The number of aromatic nitrogens is 2. The van der Waals surface area contributed by atoms with Crippen LogP contribution in [-0.2, 0) is 0 Å². The summed E-state index contributed by atoms with van der Waals surface area (Å²) >= 11 is 0. The molecule has 0 radical (unpaired) electrons. The highest BCUT2D eigenvalue weighted by atomic mass is 15.9. The summed E-state index contributed by atoms with van der Waals surface area (Å²) in [5, 5.41) is 2.37. The Balaban J connectivity index is 2.58. The molecular weight excluding hydrogens is 93.0 g/mol. The van der Waals surface area contributed by atoms with Gasteiger partial charge in [0.25, 0.3) is 0 Å². The zero-order chi connectivity index (χ0) is 7.56. The Morgan fingerprint density at radius 3 is 3.86 bits per heavy atom. The summed E-state index contributed by atoms with van der Waals surface area (Å²) in [7, 11) is 0. The number of aromatic amines is 1. The fraction of sp³-hybridized carbons (Fsp3) is 0.250. The molecule has 0 atom stereocenters. The third kappa shape index (κ3) is 0.707. The highest BCUT2D eigenvalue weighted by Gasteiger charge is 1.80. The van der Waals surface area contributed by atoms with Gasteiger partial charge >= 0.3 is 0 Å². The molecule has 0 spiro atoms. The molecule has 1 aromatic rings. The van der Waals surface area contributed by atoms with E-state index in [0.29, 0.717) is 5.95 Å². The maximum absolute atomic E-state index is 6.96. The average Bonchev–Trinajstić information content (AvgIpc) is 2.13. The molecule has 0 saturated carbocycles. The van der Waals surface area contributed by atoms with Gasteiger partial charge < -0.3 is 10.3 Å². The number of imidazole rings is 1. The van der Waals surface area contributed by atoms with E-state index < -0.39 is 7.00 Å². The van der Waals surface area contributed by atoms with Crippen molar-refractivity contribution in [2.75, 3.05) is 12.3 Å². The fourth-order valence-corrected chi connectivity index (χ4v) is 0.304. The standard InChI is InChI=1S/C4H7N3/c1-5-4-6-2-3-7-4/h2-3H,1H3,(H2,5,6,7)/i1D2,2D,4+1,5+1,7+1. The van der Waals surface area contributed by atoms with E-state index in [2.05, 4.69) is 15.3 Å². The second-order valence-corrected chi connectivity index (χ2v) is 1.02. The van der Waals surface area contributed by atoms with Crippen LogP contribution in [0.1, 0.15) is 4.11 Å². The van der Waals surface area contributed by atoms with Gasteiger partial charge in [-0.15, -0.1) is 0 Å². The van der Waals surface area contributed by atoms with Gasteiger partial charge in [0.1, 0.15) is 0 Å². The number of H-pyrrole nitrogens is 1.